The van der Waals surface area contributed by atoms with E-state index >= 15 is 0 Å². The lowest BCUT2D eigenvalue weighted by atomic mass is 9.99. The first kappa shape index (κ1) is 24.7. The van der Waals surface area contributed by atoms with Crippen LogP contribution in [-0.2, 0) is 4.74 Å². The van der Waals surface area contributed by atoms with Gasteiger partial charge in [-0.2, -0.15) is 0 Å². The van der Waals surface area contributed by atoms with Crippen LogP contribution in [0.5, 0.6) is 28.7 Å². The fraction of sp³-hybridized carbons (Fsp3) is 0.391. The molecule has 4 rings (SSSR count). The van der Waals surface area contributed by atoms with Gasteiger partial charge in [-0.15, -0.1) is 0 Å². The molecule has 12 heteroatoms. The minimum absolute atomic E-state index is 0.0571. The van der Waals surface area contributed by atoms with Crippen LogP contribution >= 0.6 is 0 Å². The summed E-state index contributed by atoms with van der Waals surface area (Å²) in [6.07, 6.45) is -7.69. The van der Waals surface area contributed by atoms with E-state index in [-0.39, 0.29) is 40.9 Å². The second-order valence-corrected chi connectivity index (χ2v) is 7.75. The Balaban J connectivity index is 1.63. The molecule has 0 spiro atoms. The van der Waals surface area contributed by atoms with Crippen molar-refractivity contribution in [3.05, 3.63) is 41.5 Å². The zero-order chi connectivity index (χ0) is 25.3. The second kappa shape index (κ2) is 10.1. The number of rotatable bonds is 8. The molecule has 0 saturated carbocycles. The maximum absolute atomic E-state index is 13.0. The number of aliphatic hydroxyl groups excluding tert-OH is 4. The highest BCUT2D eigenvalue weighted by molar-refractivity contribution is 6.49. The van der Waals surface area contributed by atoms with Gasteiger partial charge in [0.1, 0.15) is 24.4 Å². The number of ether oxygens (including phenoxy) is 6. The quantitative estimate of drug-likeness (QED) is 0.280. The lowest BCUT2D eigenvalue weighted by molar-refractivity contribution is -0.277. The summed E-state index contributed by atoms with van der Waals surface area (Å²) < 4.78 is 32.0. The first-order chi connectivity index (χ1) is 16.8. The number of ketones is 2. The molecule has 1 fully saturated rings. The minimum atomic E-state index is -1.70. The van der Waals surface area contributed by atoms with E-state index in [1.165, 1.54) is 44.6 Å². The Morgan fingerprint density at radius 3 is 2.26 bits per heavy atom. The summed E-state index contributed by atoms with van der Waals surface area (Å²) in [5.74, 6) is -1.02. The van der Waals surface area contributed by atoms with Crippen LogP contribution in [0.4, 0.5) is 0 Å². The predicted molar refractivity (Wildman–Crippen MR) is 115 cm³/mol. The van der Waals surface area contributed by atoms with Crippen LogP contribution in [0.25, 0.3) is 0 Å². The molecule has 0 unspecified atom stereocenters. The van der Waals surface area contributed by atoms with E-state index in [9.17, 15) is 30.0 Å². The van der Waals surface area contributed by atoms with Gasteiger partial charge in [0, 0.05) is 11.1 Å². The summed E-state index contributed by atoms with van der Waals surface area (Å²) in [5.41, 5.74) is -0.0460. The first-order valence-corrected chi connectivity index (χ1v) is 10.5. The monoisotopic (exact) mass is 492 g/mol. The van der Waals surface area contributed by atoms with Crippen LogP contribution in [0.2, 0.25) is 0 Å². The maximum Gasteiger partial charge on any atom is 0.233 e. The van der Waals surface area contributed by atoms with Crippen molar-refractivity contribution in [1.82, 2.24) is 0 Å². The third-order valence-corrected chi connectivity index (χ3v) is 5.64. The number of carbonyl (C=O) groups is 2. The lowest BCUT2D eigenvalue weighted by Gasteiger charge is -2.39. The van der Waals surface area contributed by atoms with Gasteiger partial charge in [0.05, 0.1) is 20.8 Å². The Labute approximate surface area is 199 Å². The number of methoxy groups -OCH3 is 2. The number of hydrogen-bond donors (Lipinski definition) is 4. The SMILES string of the molecule is COc1ccc(C(=O)C(=O)c2cc3c(c(O[C@@H]4O[C@H](CO)[C@@H](O)[C@H](O)[C@H]4O)c2)OCO3)cc1OC. The summed E-state index contributed by atoms with van der Waals surface area (Å²) in [5, 5.41) is 39.6. The highest BCUT2D eigenvalue weighted by Gasteiger charge is 2.45. The molecular formula is C23H24O12. The molecule has 188 valence electrons. The van der Waals surface area contributed by atoms with E-state index in [0.717, 1.165) is 0 Å². The van der Waals surface area contributed by atoms with Gasteiger partial charge in [0.15, 0.2) is 23.0 Å². The molecule has 35 heavy (non-hydrogen) atoms. The zero-order valence-electron chi connectivity index (χ0n) is 18.7. The largest absolute Gasteiger partial charge is 0.493 e. The summed E-state index contributed by atoms with van der Waals surface area (Å²) >= 11 is 0. The molecule has 0 aliphatic carbocycles. The standard InChI is InChI=1S/C23H24O12/c1-30-12-4-3-10(5-13(12)31-2)17(25)18(26)11-6-14-22(33-9-32-14)15(7-11)34-23-21(29)20(28)19(27)16(8-24)35-23/h3-7,16,19-21,23-24,27-29H,8-9H2,1-2H3/t16-,19-,20+,21-,23-/m1/s1. The fourth-order valence-electron chi connectivity index (χ4n) is 3.73. The van der Waals surface area contributed by atoms with Gasteiger partial charge in [-0.1, -0.05) is 0 Å². The molecule has 12 nitrogen and oxygen atoms in total. The molecule has 2 heterocycles. The van der Waals surface area contributed by atoms with E-state index in [0.29, 0.717) is 5.75 Å². The topological polar surface area (TPSA) is 170 Å². The van der Waals surface area contributed by atoms with Crippen molar-refractivity contribution in [2.24, 2.45) is 0 Å². The molecule has 0 aromatic heterocycles. The Morgan fingerprint density at radius 2 is 1.57 bits per heavy atom. The second-order valence-electron chi connectivity index (χ2n) is 7.75. The molecule has 2 aliphatic heterocycles. The molecule has 0 amide bonds. The van der Waals surface area contributed by atoms with Gasteiger partial charge in [-0.3, -0.25) is 9.59 Å². The summed E-state index contributed by atoms with van der Waals surface area (Å²) in [6, 6.07) is 6.80. The number of carbonyl (C=O) groups excluding carboxylic acids is 2. The molecule has 2 aliphatic rings. The predicted octanol–water partition coefficient (Wildman–Crippen LogP) is -0.323. The van der Waals surface area contributed by atoms with Crippen molar-refractivity contribution >= 4 is 11.6 Å². The smallest absolute Gasteiger partial charge is 0.233 e. The van der Waals surface area contributed by atoms with Gasteiger partial charge in [0.25, 0.3) is 0 Å². The molecule has 0 bridgehead atoms. The molecule has 2 aromatic rings. The van der Waals surface area contributed by atoms with Crippen LogP contribution < -0.4 is 23.7 Å². The van der Waals surface area contributed by atoms with Crippen LogP contribution in [0, 0.1) is 0 Å². The van der Waals surface area contributed by atoms with E-state index in [4.69, 9.17) is 28.4 Å². The van der Waals surface area contributed by atoms with Gasteiger partial charge in [0.2, 0.25) is 30.4 Å². The van der Waals surface area contributed by atoms with Gasteiger partial charge in [-0.25, -0.2) is 0 Å². The number of benzene rings is 2. The highest BCUT2D eigenvalue weighted by atomic mass is 16.7. The molecule has 4 N–H and O–H groups in total. The lowest BCUT2D eigenvalue weighted by Crippen LogP contribution is -2.60. The van der Waals surface area contributed by atoms with Crippen LogP contribution in [0.15, 0.2) is 30.3 Å². The maximum atomic E-state index is 13.0. The Bertz CT molecular complexity index is 1110. The molecule has 0 radical (unpaired) electrons. The Morgan fingerprint density at radius 1 is 0.886 bits per heavy atom. The number of hydrogen-bond acceptors (Lipinski definition) is 12. The van der Waals surface area contributed by atoms with E-state index in [2.05, 4.69) is 0 Å². The normalized spacial score (nSPS) is 25.1. The Kier molecular flexibility index (Phi) is 7.10. The summed E-state index contributed by atoms with van der Waals surface area (Å²) in [4.78, 5) is 26.0. The molecule has 2 aromatic carbocycles. The van der Waals surface area contributed by atoms with Gasteiger partial charge >= 0.3 is 0 Å². The van der Waals surface area contributed by atoms with Crippen molar-refractivity contribution in [1.29, 1.82) is 0 Å². The summed E-state index contributed by atoms with van der Waals surface area (Å²) in [6.45, 7) is -0.845. The van der Waals surface area contributed by atoms with Crippen LogP contribution in [0.3, 0.4) is 0 Å². The van der Waals surface area contributed by atoms with E-state index in [1.807, 2.05) is 0 Å². The zero-order valence-corrected chi connectivity index (χ0v) is 18.7. The average molecular weight is 492 g/mol. The molecule has 1 saturated heterocycles. The van der Waals surface area contributed by atoms with Crippen molar-refractivity contribution in [2.45, 2.75) is 30.7 Å². The van der Waals surface area contributed by atoms with Crippen molar-refractivity contribution in [3.8, 4) is 28.7 Å². The van der Waals surface area contributed by atoms with Crippen molar-refractivity contribution < 1.29 is 58.4 Å². The summed E-state index contributed by atoms with van der Waals surface area (Å²) in [7, 11) is 2.84. The minimum Gasteiger partial charge on any atom is -0.493 e. The fourth-order valence-corrected chi connectivity index (χ4v) is 3.73. The Hall–Kier alpha value is -3.42. The highest BCUT2D eigenvalue weighted by Crippen LogP contribution is 2.43. The first-order valence-electron chi connectivity index (χ1n) is 10.5. The van der Waals surface area contributed by atoms with Gasteiger partial charge < -0.3 is 48.8 Å². The van der Waals surface area contributed by atoms with E-state index < -0.39 is 48.9 Å². The van der Waals surface area contributed by atoms with Crippen molar-refractivity contribution in [2.75, 3.05) is 27.6 Å². The third-order valence-electron chi connectivity index (χ3n) is 5.64. The number of aliphatic hydroxyl groups is 4. The average Bonchev–Trinajstić information content (AvgIpc) is 3.36. The van der Waals surface area contributed by atoms with Crippen molar-refractivity contribution in [3.63, 3.8) is 0 Å². The number of fused-ring (bicyclic) bond motifs is 1. The van der Waals surface area contributed by atoms with Gasteiger partial charge in [-0.05, 0) is 30.3 Å². The number of Topliss-reactive ketones (excluding diaryl/α,β-unsaturated/α-hetero) is 2. The molecular weight excluding hydrogens is 468 g/mol. The molecule has 5 atom stereocenters. The van der Waals surface area contributed by atoms with E-state index in [1.54, 1.807) is 0 Å². The van der Waals surface area contributed by atoms with Crippen LogP contribution in [-0.4, -0.2) is 90.3 Å². The third kappa shape index (κ3) is 4.61. The van der Waals surface area contributed by atoms with Crippen LogP contribution in [0.1, 0.15) is 20.7 Å².